The minimum atomic E-state index is -6.08. The van der Waals surface area contributed by atoms with Crippen molar-refractivity contribution in [1.82, 2.24) is 0 Å². The lowest BCUT2D eigenvalue weighted by atomic mass is 9.74. The number of benzene rings is 2. The SMILES string of the molecule is C=Cc1cccc(C(C)(c2c(F)c(Cl)c(F)c(F)c2S(=O)(=O)[O-])C(F)(F)F)c1. The minimum Gasteiger partial charge on any atom is -0.744 e. The molecule has 0 aromatic heterocycles. The fraction of sp³-hybridized carbons (Fsp3) is 0.176. The molecule has 0 heterocycles. The highest BCUT2D eigenvalue weighted by molar-refractivity contribution is 7.85. The second-order valence-corrected chi connectivity index (χ2v) is 7.56. The van der Waals surface area contributed by atoms with Crippen molar-refractivity contribution in [3.05, 3.63) is 70.0 Å². The molecule has 0 saturated carbocycles. The van der Waals surface area contributed by atoms with Crippen molar-refractivity contribution >= 4 is 27.8 Å². The monoisotopic (exact) mass is 443 g/mol. The van der Waals surface area contributed by atoms with Crippen LogP contribution in [0.25, 0.3) is 6.08 Å². The molecule has 0 spiro atoms. The third-order valence-corrected chi connectivity index (χ3v) is 5.46. The highest BCUT2D eigenvalue weighted by Gasteiger charge is 2.57. The molecule has 2 aromatic carbocycles. The summed E-state index contributed by atoms with van der Waals surface area (Å²) in [7, 11) is -6.08. The molecule has 2 aromatic rings. The van der Waals surface area contributed by atoms with E-state index in [1.54, 1.807) is 0 Å². The van der Waals surface area contributed by atoms with E-state index >= 15 is 0 Å². The summed E-state index contributed by atoms with van der Waals surface area (Å²) < 4.78 is 119. The molecule has 0 fully saturated rings. The van der Waals surface area contributed by atoms with Gasteiger partial charge in [-0.05, 0) is 18.1 Å². The number of halogens is 7. The fourth-order valence-corrected chi connectivity index (χ4v) is 3.75. The van der Waals surface area contributed by atoms with Crippen molar-refractivity contribution in [1.29, 1.82) is 0 Å². The molecule has 0 amide bonds. The van der Waals surface area contributed by atoms with Gasteiger partial charge in [-0.1, -0.05) is 48.5 Å². The van der Waals surface area contributed by atoms with Gasteiger partial charge in [-0.3, -0.25) is 0 Å². The summed E-state index contributed by atoms with van der Waals surface area (Å²) in [5, 5.41) is -1.71. The Bertz CT molecular complexity index is 1070. The molecular formula is C17H10ClF6O3S-. The summed E-state index contributed by atoms with van der Waals surface area (Å²) in [4.78, 5) is -2.30. The number of alkyl halides is 3. The number of rotatable bonds is 4. The lowest BCUT2D eigenvalue weighted by Gasteiger charge is -2.35. The van der Waals surface area contributed by atoms with Crippen molar-refractivity contribution in [3.8, 4) is 0 Å². The van der Waals surface area contributed by atoms with Crippen LogP contribution in [0.1, 0.15) is 23.6 Å². The molecule has 1 atom stereocenters. The Morgan fingerprint density at radius 3 is 2.14 bits per heavy atom. The molecule has 0 N–H and O–H groups in total. The molecule has 0 aliphatic carbocycles. The summed E-state index contributed by atoms with van der Waals surface area (Å²) in [6, 6.07) is 4.21. The molecule has 2 rings (SSSR count). The van der Waals surface area contributed by atoms with E-state index in [4.69, 9.17) is 11.6 Å². The predicted molar refractivity (Wildman–Crippen MR) is 88.3 cm³/mol. The van der Waals surface area contributed by atoms with E-state index in [1.165, 1.54) is 6.07 Å². The maximum Gasteiger partial charge on any atom is 0.402 e. The zero-order valence-electron chi connectivity index (χ0n) is 13.9. The normalized spacial score (nSPS) is 14.6. The molecule has 0 bridgehead atoms. The first-order valence-corrected chi connectivity index (χ1v) is 9.08. The topological polar surface area (TPSA) is 57.2 Å². The second kappa shape index (κ2) is 7.09. The van der Waals surface area contributed by atoms with Crippen molar-refractivity contribution < 1.29 is 39.3 Å². The van der Waals surface area contributed by atoms with Crippen molar-refractivity contribution in [2.24, 2.45) is 0 Å². The quantitative estimate of drug-likeness (QED) is 0.283. The Labute approximate surface area is 161 Å². The van der Waals surface area contributed by atoms with E-state index in [-0.39, 0.29) is 5.56 Å². The summed E-state index contributed by atoms with van der Waals surface area (Å²) in [6.45, 7) is 3.70. The molecule has 0 saturated heterocycles. The van der Waals surface area contributed by atoms with Crippen molar-refractivity contribution in [2.75, 3.05) is 0 Å². The van der Waals surface area contributed by atoms with Crippen LogP contribution in [0, 0.1) is 17.5 Å². The standard InChI is InChI=1S/C17H11ClF6O3S/c1-3-8-5-4-6-9(7-8)16(2,17(22,23)24)10-12(19)11(18)13(20)14(21)15(10)28(25,26)27/h3-7H,1H2,2H3,(H,25,26,27)/p-1. The molecule has 0 radical (unpaired) electrons. The molecular weight excluding hydrogens is 434 g/mol. The van der Waals surface area contributed by atoms with Gasteiger partial charge >= 0.3 is 6.18 Å². The van der Waals surface area contributed by atoms with Crippen LogP contribution >= 0.6 is 11.6 Å². The van der Waals surface area contributed by atoms with Crippen LogP contribution in [0.5, 0.6) is 0 Å². The van der Waals surface area contributed by atoms with Gasteiger partial charge in [-0.15, -0.1) is 0 Å². The molecule has 152 valence electrons. The van der Waals surface area contributed by atoms with Gasteiger partial charge in [0.2, 0.25) is 0 Å². The van der Waals surface area contributed by atoms with Gasteiger partial charge in [0.05, 0.1) is 0 Å². The van der Waals surface area contributed by atoms with Gasteiger partial charge in [0, 0.05) is 5.56 Å². The van der Waals surface area contributed by atoms with Crippen molar-refractivity contribution in [2.45, 2.75) is 23.4 Å². The first-order valence-electron chi connectivity index (χ1n) is 7.30. The van der Waals surface area contributed by atoms with Gasteiger partial charge in [0.25, 0.3) is 0 Å². The fourth-order valence-electron chi connectivity index (χ4n) is 2.72. The molecule has 0 aliphatic rings. The summed E-state index contributed by atoms with van der Waals surface area (Å²) in [6.07, 6.45) is -4.29. The van der Waals surface area contributed by atoms with Gasteiger partial charge in [-0.25, -0.2) is 21.6 Å². The Balaban J connectivity index is 3.16. The van der Waals surface area contributed by atoms with Gasteiger partial charge < -0.3 is 4.55 Å². The Morgan fingerprint density at radius 2 is 1.68 bits per heavy atom. The van der Waals surface area contributed by atoms with E-state index in [0.717, 1.165) is 24.3 Å². The molecule has 1 unspecified atom stereocenters. The van der Waals surface area contributed by atoms with Crippen LogP contribution in [0.2, 0.25) is 5.02 Å². The van der Waals surface area contributed by atoms with Crippen LogP contribution in [0.3, 0.4) is 0 Å². The van der Waals surface area contributed by atoms with E-state index in [2.05, 4.69) is 6.58 Å². The van der Waals surface area contributed by atoms with E-state index < -0.39 is 60.2 Å². The molecule has 3 nitrogen and oxygen atoms in total. The number of hydrogen-bond donors (Lipinski definition) is 0. The largest absolute Gasteiger partial charge is 0.744 e. The first-order chi connectivity index (χ1) is 12.7. The summed E-state index contributed by atoms with van der Waals surface area (Å²) in [5.41, 5.74) is -6.11. The Hall–Kier alpha value is -2.04. The lowest BCUT2D eigenvalue weighted by molar-refractivity contribution is -0.174. The second-order valence-electron chi connectivity index (χ2n) is 5.87. The van der Waals surface area contributed by atoms with E-state index in [9.17, 15) is 39.3 Å². The number of hydrogen-bond acceptors (Lipinski definition) is 3. The zero-order valence-corrected chi connectivity index (χ0v) is 15.4. The average molecular weight is 444 g/mol. The van der Waals surface area contributed by atoms with E-state index in [0.29, 0.717) is 6.92 Å². The smallest absolute Gasteiger partial charge is 0.402 e. The molecule has 28 heavy (non-hydrogen) atoms. The first kappa shape index (κ1) is 22.3. The van der Waals surface area contributed by atoms with Crippen LogP contribution in [-0.4, -0.2) is 19.1 Å². The Morgan fingerprint density at radius 1 is 1.11 bits per heavy atom. The van der Waals surface area contributed by atoms with Crippen LogP contribution in [0.15, 0.2) is 35.7 Å². The van der Waals surface area contributed by atoms with E-state index in [1.807, 2.05) is 0 Å². The highest BCUT2D eigenvalue weighted by atomic mass is 35.5. The highest BCUT2D eigenvalue weighted by Crippen LogP contribution is 2.51. The Kier molecular flexibility index (Phi) is 5.63. The van der Waals surface area contributed by atoms with Crippen LogP contribution < -0.4 is 0 Å². The van der Waals surface area contributed by atoms with Crippen molar-refractivity contribution in [3.63, 3.8) is 0 Å². The maximum absolute atomic E-state index is 14.7. The third kappa shape index (κ3) is 3.40. The summed E-state index contributed by atoms with van der Waals surface area (Å²) in [5.74, 6) is -6.99. The maximum atomic E-state index is 14.7. The zero-order chi connectivity index (χ0) is 21.7. The van der Waals surface area contributed by atoms with Gasteiger partial charge in [0.15, 0.2) is 17.5 Å². The predicted octanol–water partition coefficient (Wildman–Crippen LogP) is 5.17. The summed E-state index contributed by atoms with van der Waals surface area (Å²) >= 11 is 5.24. The molecule has 11 heteroatoms. The van der Waals surface area contributed by atoms with Gasteiger partial charge in [0.1, 0.15) is 25.5 Å². The minimum absolute atomic E-state index is 0.133. The third-order valence-electron chi connectivity index (χ3n) is 4.24. The molecule has 0 aliphatic heterocycles. The average Bonchev–Trinajstić information content (AvgIpc) is 2.60. The van der Waals surface area contributed by atoms with Gasteiger partial charge in [-0.2, -0.15) is 13.2 Å². The van der Waals surface area contributed by atoms with Crippen LogP contribution in [0.4, 0.5) is 26.3 Å². The lowest BCUT2D eigenvalue weighted by Crippen LogP contribution is -2.43. The van der Waals surface area contributed by atoms with Crippen LogP contribution in [-0.2, 0) is 15.5 Å².